The van der Waals surface area contributed by atoms with E-state index in [4.69, 9.17) is 0 Å². The Labute approximate surface area is 153 Å². The Morgan fingerprint density at radius 2 is 1.80 bits per heavy atom. The van der Waals surface area contributed by atoms with Gasteiger partial charge in [-0.1, -0.05) is 28.1 Å². The molecule has 1 aromatic heterocycles. The van der Waals surface area contributed by atoms with E-state index in [9.17, 15) is 0 Å². The van der Waals surface area contributed by atoms with Crippen LogP contribution in [0.3, 0.4) is 0 Å². The lowest BCUT2D eigenvalue weighted by atomic mass is 9.90. The molecule has 6 heteroatoms. The Kier molecular flexibility index (Phi) is 3.69. The van der Waals surface area contributed by atoms with E-state index in [2.05, 4.69) is 15.9 Å². The van der Waals surface area contributed by atoms with E-state index in [0.717, 1.165) is 20.1 Å². The molecule has 3 heterocycles. The maximum atomic E-state index is 15.3. The molecule has 0 fully saturated rings. The molecule has 0 aliphatic carbocycles. The van der Waals surface area contributed by atoms with Crippen molar-refractivity contribution in [3.05, 3.63) is 81.2 Å². The highest BCUT2D eigenvalue weighted by molar-refractivity contribution is 9.10. The Balaban J connectivity index is 1.81. The lowest BCUT2D eigenvalue weighted by molar-refractivity contribution is -0.360. The number of benzene rings is 1. The van der Waals surface area contributed by atoms with E-state index < -0.39 is 6.97 Å². The fourth-order valence-corrected chi connectivity index (χ4v) is 3.80. The third-order valence-corrected chi connectivity index (χ3v) is 5.20. The normalized spacial score (nSPS) is 17.9. The van der Waals surface area contributed by atoms with Crippen LogP contribution in [0.15, 0.2) is 58.7 Å². The lowest BCUT2D eigenvalue weighted by Crippen LogP contribution is -2.50. The number of halogens is 3. The molecule has 2 aliphatic heterocycles. The van der Waals surface area contributed by atoms with E-state index in [1.54, 1.807) is 25.2 Å². The Bertz CT molecular complexity index is 995. The average molecular weight is 401 g/mol. The van der Waals surface area contributed by atoms with Gasteiger partial charge in [0, 0.05) is 34.5 Å². The molecule has 2 aromatic rings. The summed E-state index contributed by atoms with van der Waals surface area (Å²) < 4.78 is 33.8. The van der Waals surface area contributed by atoms with Gasteiger partial charge in [0.15, 0.2) is 11.4 Å². The number of rotatable bonds is 2. The van der Waals surface area contributed by atoms with E-state index in [1.807, 2.05) is 49.4 Å². The van der Waals surface area contributed by atoms with Gasteiger partial charge in [-0.2, -0.15) is 0 Å². The topological polar surface area (TPSA) is 7.94 Å². The standard InChI is InChI=1S/C19H16BBrF2N2/c1-13-11-14(2)24-19(13)12-18-10-9-17(25(18)20(24,22)23)8-5-15-3-6-16(21)7-4-15/h3-12H,1-2H3/b8-5+. The third kappa shape index (κ3) is 2.56. The average Bonchev–Trinajstić information content (AvgIpc) is 3.09. The molecule has 0 bridgehead atoms. The molecule has 0 radical (unpaired) electrons. The molecule has 2 aliphatic rings. The molecule has 4 rings (SSSR count). The first kappa shape index (κ1) is 16.3. The van der Waals surface area contributed by atoms with Crippen molar-refractivity contribution in [2.75, 3.05) is 0 Å². The number of aryl methyl sites for hydroxylation is 2. The highest BCUT2D eigenvalue weighted by Crippen LogP contribution is 2.34. The number of fused-ring (bicyclic) bond motifs is 2. The summed E-state index contributed by atoms with van der Waals surface area (Å²) in [4.78, 5) is 0. The number of hydrogen-bond donors (Lipinski definition) is 0. The maximum Gasteiger partial charge on any atom is 0.737 e. The van der Waals surface area contributed by atoms with Crippen molar-refractivity contribution in [3.63, 3.8) is 0 Å². The van der Waals surface area contributed by atoms with Crippen molar-refractivity contribution in [3.8, 4) is 0 Å². The number of nitrogens with zero attached hydrogens (tertiary/aromatic N) is 2. The fraction of sp³-hybridized carbons (Fsp3) is 0.105. The molecule has 0 saturated carbocycles. The quantitative estimate of drug-likeness (QED) is 0.613. The summed E-state index contributed by atoms with van der Waals surface area (Å²) in [5, 5.41) is 0. The van der Waals surface area contributed by atoms with Crippen molar-refractivity contribution in [2.45, 2.75) is 13.8 Å². The lowest BCUT2D eigenvalue weighted by Gasteiger charge is -2.30. The molecule has 0 saturated heterocycles. The predicted molar refractivity (Wildman–Crippen MR) is 103 cm³/mol. The zero-order valence-corrected chi connectivity index (χ0v) is 15.5. The predicted octanol–water partition coefficient (Wildman–Crippen LogP) is 5.18. The summed E-state index contributed by atoms with van der Waals surface area (Å²) in [5.74, 6) is 0. The molecule has 0 atom stereocenters. The Morgan fingerprint density at radius 3 is 2.52 bits per heavy atom. The zero-order valence-electron chi connectivity index (χ0n) is 13.9. The van der Waals surface area contributed by atoms with Crippen LogP contribution in [0.5, 0.6) is 0 Å². The van der Waals surface area contributed by atoms with Crippen molar-refractivity contribution in [1.82, 2.24) is 4.48 Å². The number of aromatic nitrogens is 1. The fourth-order valence-electron chi connectivity index (χ4n) is 3.54. The summed E-state index contributed by atoms with van der Waals surface area (Å²) in [6, 6.07) is 9.54. The summed E-state index contributed by atoms with van der Waals surface area (Å²) >= 11 is 3.39. The first-order valence-corrected chi connectivity index (χ1v) is 8.88. The SMILES string of the molecule is Cc1cc(C)n2c1C=C1C=CC(/C=C/c3ccc(Br)cc3)=[N+]1[B-]2(F)F. The molecule has 0 N–H and O–H groups in total. The van der Waals surface area contributed by atoms with Crippen LogP contribution >= 0.6 is 15.9 Å². The molecule has 1 aromatic carbocycles. The minimum Gasteiger partial charge on any atom is -0.394 e. The summed E-state index contributed by atoms with van der Waals surface area (Å²) in [6.07, 6.45) is 8.92. The van der Waals surface area contributed by atoms with Crippen molar-refractivity contribution in [1.29, 1.82) is 0 Å². The van der Waals surface area contributed by atoms with Gasteiger partial charge in [0.05, 0.1) is 0 Å². The molecular weight excluding hydrogens is 385 g/mol. The largest absolute Gasteiger partial charge is 0.737 e. The van der Waals surface area contributed by atoms with Crippen LogP contribution in [0, 0.1) is 13.8 Å². The molecular formula is C19H16BBrF2N2. The summed E-state index contributed by atoms with van der Waals surface area (Å²) in [6.45, 7) is -0.312. The van der Waals surface area contributed by atoms with Gasteiger partial charge in [-0.3, -0.25) is 0 Å². The molecule has 25 heavy (non-hydrogen) atoms. The van der Waals surface area contributed by atoms with Crippen molar-refractivity contribution in [2.24, 2.45) is 0 Å². The van der Waals surface area contributed by atoms with Crippen LogP contribution in [-0.4, -0.2) is 21.6 Å². The van der Waals surface area contributed by atoms with Crippen LogP contribution < -0.4 is 0 Å². The second kappa shape index (κ2) is 5.66. The van der Waals surface area contributed by atoms with Crippen molar-refractivity contribution < 1.29 is 13.1 Å². The van der Waals surface area contributed by atoms with Gasteiger partial charge in [-0.15, -0.1) is 0 Å². The second-order valence-corrected chi connectivity index (χ2v) is 7.31. The summed E-state index contributed by atoms with van der Waals surface area (Å²) in [5.41, 5.74) is 4.04. The van der Waals surface area contributed by atoms with E-state index >= 15 is 8.63 Å². The zero-order chi connectivity index (χ0) is 17.8. The molecule has 0 amide bonds. The first-order chi connectivity index (χ1) is 11.9. The molecule has 0 unspecified atom stereocenters. The van der Waals surface area contributed by atoms with Crippen LogP contribution in [0.2, 0.25) is 0 Å². The number of allylic oxidation sites excluding steroid dienone is 3. The first-order valence-electron chi connectivity index (χ1n) is 8.08. The van der Waals surface area contributed by atoms with Crippen LogP contribution in [-0.2, 0) is 0 Å². The monoisotopic (exact) mass is 400 g/mol. The third-order valence-electron chi connectivity index (χ3n) is 4.67. The van der Waals surface area contributed by atoms with Crippen LogP contribution in [0.4, 0.5) is 8.63 Å². The van der Waals surface area contributed by atoms with Gasteiger partial charge >= 0.3 is 6.97 Å². The highest BCUT2D eigenvalue weighted by atomic mass is 79.9. The van der Waals surface area contributed by atoms with Gasteiger partial charge in [-0.05, 0) is 54.9 Å². The maximum absolute atomic E-state index is 15.3. The van der Waals surface area contributed by atoms with Crippen LogP contribution in [0.1, 0.15) is 22.5 Å². The highest BCUT2D eigenvalue weighted by Gasteiger charge is 2.52. The minimum absolute atomic E-state index is 0.496. The smallest absolute Gasteiger partial charge is 0.394 e. The minimum atomic E-state index is -3.91. The van der Waals surface area contributed by atoms with Gasteiger partial charge in [-0.25, -0.2) is 0 Å². The van der Waals surface area contributed by atoms with E-state index in [-0.39, 0.29) is 0 Å². The second-order valence-electron chi connectivity index (χ2n) is 6.39. The molecule has 2 nitrogen and oxygen atoms in total. The van der Waals surface area contributed by atoms with Gasteiger partial charge < -0.3 is 17.6 Å². The Hall–Kier alpha value is -2.21. The Morgan fingerprint density at radius 1 is 1.08 bits per heavy atom. The van der Waals surface area contributed by atoms with E-state index in [1.165, 1.54) is 4.48 Å². The molecule has 0 spiro atoms. The van der Waals surface area contributed by atoms with Crippen LogP contribution in [0.25, 0.3) is 12.2 Å². The van der Waals surface area contributed by atoms with Gasteiger partial charge in [0.25, 0.3) is 0 Å². The summed E-state index contributed by atoms with van der Waals surface area (Å²) in [7, 11) is 0. The van der Waals surface area contributed by atoms with Crippen molar-refractivity contribution >= 4 is 40.8 Å². The molecule has 126 valence electrons. The van der Waals surface area contributed by atoms with Gasteiger partial charge in [0.2, 0.25) is 0 Å². The number of hydrogen-bond acceptors (Lipinski definition) is 0. The van der Waals surface area contributed by atoms with Gasteiger partial charge in [0.1, 0.15) is 0 Å². The van der Waals surface area contributed by atoms with E-state index in [0.29, 0.717) is 22.8 Å².